The Morgan fingerprint density at radius 3 is 2.75 bits per heavy atom. The van der Waals surface area contributed by atoms with Crippen LogP contribution in [0.15, 0.2) is 39.8 Å². The minimum atomic E-state index is -3.99. The maximum Gasteiger partial charge on any atom is 0.295 e. The van der Waals surface area contributed by atoms with E-state index in [1.54, 1.807) is 7.05 Å². The standard InChI is InChI=1S/C12H12ClFN2O3S/c1-15-7-8-5-6-11(19-8)20(17,18)16-10-4-2-3-9(13)12(10)14/h2-6,15-16H,7H2,1H3. The van der Waals surface area contributed by atoms with Crippen LogP contribution in [0, 0.1) is 5.82 Å². The van der Waals surface area contributed by atoms with E-state index in [4.69, 9.17) is 16.0 Å². The van der Waals surface area contributed by atoms with Crippen molar-refractivity contribution < 1.29 is 17.2 Å². The molecule has 0 amide bonds. The van der Waals surface area contributed by atoms with E-state index in [9.17, 15) is 12.8 Å². The molecule has 108 valence electrons. The highest BCUT2D eigenvalue weighted by atomic mass is 35.5. The summed E-state index contributed by atoms with van der Waals surface area (Å²) in [5.74, 6) is -0.376. The van der Waals surface area contributed by atoms with Crippen LogP contribution in [0.25, 0.3) is 0 Å². The van der Waals surface area contributed by atoms with Crippen molar-refractivity contribution in [3.63, 3.8) is 0 Å². The fourth-order valence-corrected chi connectivity index (χ4v) is 2.74. The Kier molecular flexibility index (Phi) is 4.32. The van der Waals surface area contributed by atoms with Gasteiger partial charge in [-0.1, -0.05) is 17.7 Å². The first-order valence-corrected chi connectivity index (χ1v) is 7.50. The summed E-state index contributed by atoms with van der Waals surface area (Å²) in [6.07, 6.45) is 0. The fraction of sp³-hybridized carbons (Fsp3) is 0.167. The lowest BCUT2D eigenvalue weighted by Gasteiger charge is -2.07. The van der Waals surface area contributed by atoms with E-state index in [-0.39, 0.29) is 15.8 Å². The van der Waals surface area contributed by atoms with Crippen LogP contribution in [-0.2, 0) is 16.6 Å². The Morgan fingerprint density at radius 1 is 1.30 bits per heavy atom. The highest BCUT2D eigenvalue weighted by molar-refractivity contribution is 7.92. The fourth-order valence-electron chi connectivity index (χ4n) is 1.55. The summed E-state index contributed by atoms with van der Waals surface area (Å²) in [6, 6.07) is 6.87. The van der Waals surface area contributed by atoms with Gasteiger partial charge >= 0.3 is 0 Å². The van der Waals surface area contributed by atoms with Gasteiger partial charge in [0.15, 0.2) is 5.82 Å². The van der Waals surface area contributed by atoms with Gasteiger partial charge in [-0.3, -0.25) is 4.72 Å². The monoisotopic (exact) mass is 318 g/mol. The van der Waals surface area contributed by atoms with Gasteiger partial charge in [0, 0.05) is 0 Å². The average molecular weight is 319 g/mol. The van der Waals surface area contributed by atoms with Gasteiger partial charge in [-0.05, 0) is 31.3 Å². The van der Waals surface area contributed by atoms with E-state index in [1.165, 1.54) is 30.3 Å². The average Bonchev–Trinajstić information content (AvgIpc) is 2.85. The van der Waals surface area contributed by atoms with Crippen molar-refractivity contribution in [2.75, 3.05) is 11.8 Å². The Labute approximate surface area is 120 Å². The molecule has 0 aliphatic heterocycles. The van der Waals surface area contributed by atoms with Crippen molar-refractivity contribution in [2.45, 2.75) is 11.6 Å². The lowest BCUT2D eigenvalue weighted by Crippen LogP contribution is -2.13. The number of furan rings is 1. The number of hydrogen-bond donors (Lipinski definition) is 2. The molecule has 0 saturated carbocycles. The largest absolute Gasteiger partial charge is 0.446 e. The zero-order chi connectivity index (χ0) is 14.8. The summed E-state index contributed by atoms with van der Waals surface area (Å²) in [6.45, 7) is 0.390. The maximum atomic E-state index is 13.7. The summed E-state index contributed by atoms with van der Waals surface area (Å²) < 4.78 is 45.0. The zero-order valence-corrected chi connectivity index (χ0v) is 12.1. The molecule has 8 heteroatoms. The molecule has 0 atom stereocenters. The molecule has 0 bridgehead atoms. The van der Waals surface area contributed by atoms with E-state index in [1.807, 2.05) is 0 Å². The molecule has 0 spiro atoms. The molecule has 2 aromatic rings. The first-order valence-electron chi connectivity index (χ1n) is 5.64. The van der Waals surface area contributed by atoms with E-state index in [0.717, 1.165) is 0 Å². The molecule has 2 N–H and O–H groups in total. The van der Waals surface area contributed by atoms with Crippen LogP contribution in [0.3, 0.4) is 0 Å². The third-order valence-electron chi connectivity index (χ3n) is 2.45. The quantitative estimate of drug-likeness (QED) is 0.889. The highest BCUT2D eigenvalue weighted by Gasteiger charge is 2.21. The Balaban J connectivity index is 2.28. The lowest BCUT2D eigenvalue weighted by molar-refractivity contribution is 0.408. The van der Waals surface area contributed by atoms with Crippen LogP contribution < -0.4 is 10.0 Å². The predicted octanol–water partition coefficient (Wildman–Crippen LogP) is 2.59. The van der Waals surface area contributed by atoms with Crippen molar-refractivity contribution in [2.24, 2.45) is 0 Å². The summed E-state index contributed by atoms with van der Waals surface area (Å²) >= 11 is 5.59. The van der Waals surface area contributed by atoms with E-state index >= 15 is 0 Å². The van der Waals surface area contributed by atoms with Crippen molar-refractivity contribution in [1.82, 2.24) is 5.32 Å². The molecule has 1 aromatic carbocycles. The summed E-state index contributed by atoms with van der Waals surface area (Å²) in [4.78, 5) is 0. The first-order chi connectivity index (χ1) is 9.44. The van der Waals surface area contributed by atoms with Gasteiger partial charge in [-0.25, -0.2) is 4.39 Å². The maximum absolute atomic E-state index is 13.7. The molecule has 0 aliphatic rings. The zero-order valence-electron chi connectivity index (χ0n) is 10.5. The van der Waals surface area contributed by atoms with Crippen molar-refractivity contribution in [1.29, 1.82) is 0 Å². The van der Waals surface area contributed by atoms with Gasteiger partial charge in [-0.15, -0.1) is 0 Å². The number of nitrogens with one attached hydrogen (secondary N) is 2. The van der Waals surface area contributed by atoms with Crippen LogP contribution in [-0.4, -0.2) is 15.5 Å². The summed E-state index contributed by atoms with van der Waals surface area (Å²) in [5.41, 5.74) is -0.232. The SMILES string of the molecule is CNCc1ccc(S(=O)(=O)Nc2cccc(Cl)c2F)o1. The normalized spacial score (nSPS) is 11.6. The Hall–Kier alpha value is -1.57. The van der Waals surface area contributed by atoms with Crippen LogP contribution >= 0.6 is 11.6 Å². The minimum absolute atomic E-state index is 0.166. The van der Waals surface area contributed by atoms with Crippen LogP contribution in [0.2, 0.25) is 5.02 Å². The second-order valence-corrected chi connectivity index (χ2v) is 5.98. The number of sulfonamides is 1. The second kappa shape index (κ2) is 5.82. The lowest BCUT2D eigenvalue weighted by atomic mass is 10.3. The first kappa shape index (κ1) is 14.8. The van der Waals surface area contributed by atoms with E-state index in [2.05, 4.69) is 10.0 Å². The molecule has 0 radical (unpaired) electrons. The molecule has 0 aliphatic carbocycles. The van der Waals surface area contributed by atoms with Crippen LogP contribution in [0.4, 0.5) is 10.1 Å². The third-order valence-corrected chi connectivity index (χ3v) is 3.98. The number of benzene rings is 1. The molecule has 1 aromatic heterocycles. The summed E-state index contributed by atoms with van der Waals surface area (Å²) in [7, 11) is -2.29. The predicted molar refractivity (Wildman–Crippen MR) is 73.7 cm³/mol. The Bertz CT molecular complexity index is 715. The number of halogens is 2. The summed E-state index contributed by atoms with van der Waals surface area (Å²) in [5, 5.41) is 2.37. The van der Waals surface area contributed by atoms with E-state index in [0.29, 0.717) is 12.3 Å². The molecule has 2 rings (SSSR count). The smallest absolute Gasteiger partial charge is 0.295 e. The van der Waals surface area contributed by atoms with Gasteiger partial charge in [0.05, 0.1) is 17.3 Å². The molecule has 0 saturated heterocycles. The van der Waals surface area contributed by atoms with Crippen molar-refractivity contribution in [3.05, 3.63) is 46.9 Å². The molecule has 5 nitrogen and oxygen atoms in total. The highest BCUT2D eigenvalue weighted by Crippen LogP contribution is 2.25. The molecule has 20 heavy (non-hydrogen) atoms. The second-order valence-electron chi connectivity index (χ2n) is 3.96. The minimum Gasteiger partial charge on any atom is -0.446 e. The van der Waals surface area contributed by atoms with Crippen LogP contribution in [0.5, 0.6) is 0 Å². The number of hydrogen-bond acceptors (Lipinski definition) is 4. The number of anilines is 1. The van der Waals surface area contributed by atoms with Crippen molar-refractivity contribution in [3.8, 4) is 0 Å². The molecular formula is C12H12ClFN2O3S. The van der Waals surface area contributed by atoms with E-state index < -0.39 is 15.8 Å². The third kappa shape index (κ3) is 3.12. The van der Waals surface area contributed by atoms with Gasteiger partial charge in [0.2, 0.25) is 5.09 Å². The molecule has 0 fully saturated rings. The van der Waals surface area contributed by atoms with Gasteiger partial charge in [0.25, 0.3) is 10.0 Å². The molecular weight excluding hydrogens is 307 g/mol. The van der Waals surface area contributed by atoms with Gasteiger partial charge < -0.3 is 9.73 Å². The van der Waals surface area contributed by atoms with Crippen molar-refractivity contribution >= 4 is 27.3 Å². The topological polar surface area (TPSA) is 71.3 Å². The number of rotatable bonds is 5. The van der Waals surface area contributed by atoms with Gasteiger partial charge in [0.1, 0.15) is 5.76 Å². The Morgan fingerprint density at radius 2 is 2.05 bits per heavy atom. The van der Waals surface area contributed by atoms with Gasteiger partial charge in [-0.2, -0.15) is 8.42 Å². The molecule has 1 heterocycles. The van der Waals surface area contributed by atoms with Crippen LogP contribution in [0.1, 0.15) is 5.76 Å². The molecule has 0 unspecified atom stereocenters.